The van der Waals surface area contributed by atoms with E-state index in [9.17, 15) is 4.79 Å². The van der Waals surface area contributed by atoms with Gasteiger partial charge in [-0.3, -0.25) is 9.69 Å². The highest BCUT2D eigenvalue weighted by Crippen LogP contribution is 2.29. The zero-order chi connectivity index (χ0) is 12.1. The molecule has 2 fully saturated rings. The van der Waals surface area contributed by atoms with E-state index in [1.54, 1.807) is 6.92 Å². The summed E-state index contributed by atoms with van der Waals surface area (Å²) >= 11 is 0. The number of carbonyl (C=O) groups excluding carboxylic acids is 1. The van der Waals surface area contributed by atoms with Crippen molar-refractivity contribution in [3.63, 3.8) is 0 Å². The molecule has 1 saturated heterocycles. The van der Waals surface area contributed by atoms with E-state index in [-0.39, 0.29) is 11.4 Å². The van der Waals surface area contributed by atoms with E-state index in [2.05, 4.69) is 15.5 Å². The standard InChI is InChI=1S/C13H25N3O/c1-12(17)15-13(5-3-2-4-6-13)11-16-9-7-14-8-10-16/h14H,2-11H2,1H3,(H,15,17). The zero-order valence-corrected chi connectivity index (χ0v) is 10.9. The molecular weight excluding hydrogens is 214 g/mol. The van der Waals surface area contributed by atoms with Crippen LogP contribution in [0.25, 0.3) is 0 Å². The summed E-state index contributed by atoms with van der Waals surface area (Å²) in [6, 6.07) is 0. The Morgan fingerprint density at radius 3 is 2.47 bits per heavy atom. The third-order valence-electron chi connectivity index (χ3n) is 3.99. The van der Waals surface area contributed by atoms with Crippen molar-refractivity contribution in [2.24, 2.45) is 0 Å². The third kappa shape index (κ3) is 3.68. The van der Waals surface area contributed by atoms with Gasteiger partial charge >= 0.3 is 0 Å². The van der Waals surface area contributed by atoms with Gasteiger partial charge in [0.05, 0.1) is 5.54 Å². The molecule has 2 aliphatic rings. The lowest BCUT2D eigenvalue weighted by Gasteiger charge is -2.42. The van der Waals surface area contributed by atoms with Crippen LogP contribution in [0.3, 0.4) is 0 Å². The molecule has 0 bridgehead atoms. The monoisotopic (exact) mass is 239 g/mol. The molecule has 1 heterocycles. The number of rotatable bonds is 3. The van der Waals surface area contributed by atoms with Crippen molar-refractivity contribution in [1.29, 1.82) is 0 Å². The predicted octanol–water partition coefficient (Wildman–Crippen LogP) is 0.731. The number of nitrogens with zero attached hydrogens (tertiary/aromatic N) is 1. The molecule has 98 valence electrons. The van der Waals surface area contributed by atoms with E-state index in [4.69, 9.17) is 0 Å². The molecular formula is C13H25N3O. The van der Waals surface area contributed by atoms with Gasteiger partial charge in [0.2, 0.25) is 5.91 Å². The minimum atomic E-state index is 0.0570. The molecule has 0 spiro atoms. The lowest BCUT2D eigenvalue weighted by atomic mass is 9.81. The zero-order valence-electron chi connectivity index (χ0n) is 10.9. The molecule has 0 unspecified atom stereocenters. The maximum Gasteiger partial charge on any atom is 0.217 e. The minimum Gasteiger partial charge on any atom is -0.350 e. The lowest BCUT2D eigenvalue weighted by molar-refractivity contribution is -0.121. The van der Waals surface area contributed by atoms with Gasteiger partial charge in [0, 0.05) is 39.6 Å². The Kier molecular flexibility index (Phi) is 4.40. The first-order valence-corrected chi connectivity index (χ1v) is 6.92. The SMILES string of the molecule is CC(=O)NC1(CN2CCNCC2)CCCCC1. The Labute approximate surface area is 104 Å². The molecule has 0 aromatic heterocycles. The van der Waals surface area contributed by atoms with Crippen molar-refractivity contribution in [3.8, 4) is 0 Å². The number of nitrogens with one attached hydrogen (secondary N) is 2. The third-order valence-corrected chi connectivity index (χ3v) is 3.99. The van der Waals surface area contributed by atoms with Gasteiger partial charge in [-0.2, -0.15) is 0 Å². The summed E-state index contributed by atoms with van der Waals surface area (Å²) in [7, 11) is 0. The predicted molar refractivity (Wildman–Crippen MR) is 68.9 cm³/mol. The fourth-order valence-corrected chi connectivity index (χ4v) is 3.22. The van der Waals surface area contributed by atoms with E-state index in [1.165, 1.54) is 19.3 Å². The van der Waals surface area contributed by atoms with Crippen molar-refractivity contribution in [1.82, 2.24) is 15.5 Å². The van der Waals surface area contributed by atoms with Crippen molar-refractivity contribution in [2.45, 2.75) is 44.6 Å². The number of hydrogen-bond donors (Lipinski definition) is 2. The van der Waals surface area contributed by atoms with Crippen LogP contribution >= 0.6 is 0 Å². The highest BCUT2D eigenvalue weighted by molar-refractivity contribution is 5.73. The summed E-state index contributed by atoms with van der Waals surface area (Å²) in [6.45, 7) is 7.07. The highest BCUT2D eigenvalue weighted by Gasteiger charge is 2.34. The molecule has 2 rings (SSSR count). The topological polar surface area (TPSA) is 44.4 Å². The van der Waals surface area contributed by atoms with Crippen LogP contribution in [0.15, 0.2) is 0 Å². The van der Waals surface area contributed by atoms with E-state index in [1.807, 2.05) is 0 Å². The van der Waals surface area contributed by atoms with E-state index in [0.717, 1.165) is 45.6 Å². The Balaban J connectivity index is 1.95. The Hall–Kier alpha value is -0.610. The Bertz CT molecular complexity index is 255. The second-order valence-corrected chi connectivity index (χ2v) is 5.55. The van der Waals surface area contributed by atoms with Crippen LogP contribution < -0.4 is 10.6 Å². The fraction of sp³-hybridized carbons (Fsp3) is 0.923. The van der Waals surface area contributed by atoms with Gasteiger partial charge in [0.25, 0.3) is 0 Å². The first-order valence-electron chi connectivity index (χ1n) is 6.92. The number of carbonyl (C=O) groups is 1. The molecule has 0 aromatic carbocycles. The Morgan fingerprint density at radius 2 is 1.88 bits per heavy atom. The van der Waals surface area contributed by atoms with Crippen LogP contribution in [0.4, 0.5) is 0 Å². The van der Waals surface area contributed by atoms with Crippen LogP contribution in [0.2, 0.25) is 0 Å². The first kappa shape index (κ1) is 12.8. The Morgan fingerprint density at radius 1 is 1.24 bits per heavy atom. The quantitative estimate of drug-likeness (QED) is 0.763. The number of hydrogen-bond acceptors (Lipinski definition) is 3. The van der Waals surface area contributed by atoms with Gasteiger partial charge in [-0.15, -0.1) is 0 Å². The fourth-order valence-electron chi connectivity index (χ4n) is 3.22. The summed E-state index contributed by atoms with van der Waals surface area (Å²) in [4.78, 5) is 13.9. The van der Waals surface area contributed by atoms with E-state index in [0.29, 0.717) is 0 Å². The van der Waals surface area contributed by atoms with Crippen LogP contribution in [-0.2, 0) is 4.79 Å². The summed E-state index contributed by atoms with van der Waals surface area (Å²) in [6.07, 6.45) is 6.13. The van der Waals surface area contributed by atoms with Gasteiger partial charge < -0.3 is 10.6 Å². The second-order valence-electron chi connectivity index (χ2n) is 5.55. The van der Waals surface area contributed by atoms with Gasteiger partial charge in [-0.25, -0.2) is 0 Å². The van der Waals surface area contributed by atoms with E-state index < -0.39 is 0 Å². The van der Waals surface area contributed by atoms with Gasteiger partial charge in [-0.05, 0) is 12.8 Å². The number of piperazine rings is 1. The molecule has 2 N–H and O–H groups in total. The van der Waals surface area contributed by atoms with Crippen LogP contribution in [-0.4, -0.2) is 49.1 Å². The smallest absolute Gasteiger partial charge is 0.217 e. The van der Waals surface area contributed by atoms with Crippen LogP contribution in [0, 0.1) is 0 Å². The highest BCUT2D eigenvalue weighted by atomic mass is 16.1. The molecule has 0 radical (unpaired) electrons. The summed E-state index contributed by atoms with van der Waals surface area (Å²) < 4.78 is 0. The normalized spacial score (nSPS) is 25.5. The summed E-state index contributed by atoms with van der Waals surface area (Å²) in [5, 5.41) is 6.62. The summed E-state index contributed by atoms with van der Waals surface area (Å²) in [5.74, 6) is 0.127. The van der Waals surface area contributed by atoms with Crippen molar-refractivity contribution in [2.75, 3.05) is 32.7 Å². The van der Waals surface area contributed by atoms with Crippen LogP contribution in [0.5, 0.6) is 0 Å². The van der Waals surface area contributed by atoms with E-state index >= 15 is 0 Å². The largest absolute Gasteiger partial charge is 0.350 e. The van der Waals surface area contributed by atoms with Gasteiger partial charge in [-0.1, -0.05) is 19.3 Å². The minimum absolute atomic E-state index is 0.0570. The maximum absolute atomic E-state index is 11.4. The molecule has 17 heavy (non-hydrogen) atoms. The van der Waals surface area contributed by atoms with Gasteiger partial charge in [0.1, 0.15) is 0 Å². The first-order chi connectivity index (χ1) is 8.20. The average Bonchev–Trinajstić information content (AvgIpc) is 2.30. The molecule has 1 aliphatic heterocycles. The molecule has 0 atom stereocenters. The molecule has 4 heteroatoms. The van der Waals surface area contributed by atoms with Crippen molar-refractivity contribution < 1.29 is 4.79 Å². The molecule has 1 amide bonds. The molecule has 1 saturated carbocycles. The van der Waals surface area contributed by atoms with Gasteiger partial charge in [0.15, 0.2) is 0 Å². The van der Waals surface area contributed by atoms with Crippen molar-refractivity contribution >= 4 is 5.91 Å². The number of amides is 1. The average molecular weight is 239 g/mol. The molecule has 4 nitrogen and oxygen atoms in total. The maximum atomic E-state index is 11.4. The second kappa shape index (κ2) is 5.83. The van der Waals surface area contributed by atoms with Crippen molar-refractivity contribution in [3.05, 3.63) is 0 Å². The molecule has 0 aromatic rings. The molecule has 1 aliphatic carbocycles. The summed E-state index contributed by atoms with van der Waals surface area (Å²) in [5.41, 5.74) is 0.0570. The lowest BCUT2D eigenvalue weighted by Crippen LogP contribution is -2.58. The van der Waals surface area contributed by atoms with Crippen LogP contribution in [0.1, 0.15) is 39.0 Å².